The maximum atomic E-state index is 5.86. The van der Waals surface area contributed by atoms with Crippen molar-refractivity contribution in [3.63, 3.8) is 0 Å². The summed E-state index contributed by atoms with van der Waals surface area (Å²) < 4.78 is 5.86. The minimum Gasteiger partial charge on any atom is -0.491 e. The number of hydrogen-bond acceptors (Lipinski definition) is 3. The van der Waals surface area contributed by atoms with Crippen LogP contribution < -0.4 is 10.1 Å². The molecular formula is C16H22N2O. The van der Waals surface area contributed by atoms with E-state index in [2.05, 4.69) is 36.3 Å². The highest BCUT2D eigenvalue weighted by Crippen LogP contribution is 2.27. The number of likely N-dealkylation sites (N-methyl/N-ethyl adjacent to an activating group) is 1. The molecule has 0 saturated heterocycles. The fourth-order valence-electron chi connectivity index (χ4n) is 2.06. The smallest absolute Gasteiger partial charge is 0.145 e. The lowest BCUT2D eigenvalue weighted by molar-refractivity contribution is 0.273. The maximum absolute atomic E-state index is 5.86. The zero-order valence-electron chi connectivity index (χ0n) is 11.9. The minimum absolute atomic E-state index is 0.516. The van der Waals surface area contributed by atoms with Gasteiger partial charge in [0.05, 0.1) is 6.61 Å². The standard InChI is InChI=1S/C16H22N2O/c1-12(2)11-19-15-7-6-13(8-10-17-3)14-5-4-9-18-16(14)15/h4-7,9,12,17H,8,10-11H2,1-3H3. The molecule has 0 atom stereocenters. The van der Waals surface area contributed by atoms with Crippen molar-refractivity contribution in [1.29, 1.82) is 0 Å². The van der Waals surface area contributed by atoms with Crippen molar-refractivity contribution in [3.8, 4) is 5.75 Å². The zero-order valence-corrected chi connectivity index (χ0v) is 11.9. The van der Waals surface area contributed by atoms with Crippen molar-refractivity contribution in [1.82, 2.24) is 10.3 Å². The van der Waals surface area contributed by atoms with Crippen LogP contribution in [0.1, 0.15) is 19.4 Å². The minimum atomic E-state index is 0.516. The van der Waals surface area contributed by atoms with E-state index in [-0.39, 0.29) is 0 Å². The number of pyridine rings is 1. The number of fused-ring (bicyclic) bond motifs is 1. The third-order valence-corrected chi connectivity index (χ3v) is 3.04. The Morgan fingerprint density at radius 2 is 2.11 bits per heavy atom. The first-order valence-corrected chi connectivity index (χ1v) is 6.86. The van der Waals surface area contributed by atoms with Gasteiger partial charge < -0.3 is 10.1 Å². The van der Waals surface area contributed by atoms with Crippen LogP contribution in [0.15, 0.2) is 30.5 Å². The first-order chi connectivity index (χ1) is 9.22. The van der Waals surface area contributed by atoms with E-state index in [9.17, 15) is 0 Å². The number of aromatic nitrogens is 1. The van der Waals surface area contributed by atoms with Crippen LogP contribution in [0, 0.1) is 5.92 Å². The van der Waals surface area contributed by atoms with Gasteiger partial charge in [0.15, 0.2) is 0 Å². The molecule has 0 aliphatic rings. The molecule has 2 aromatic rings. The number of benzene rings is 1. The summed E-state index contributed by atoms with van der Waals surface area (Å²) >= 11 is 0. The van der Waals surface area contributed by atoms with Crippen LogP contribution in [-0.4, -0.2) is 25.2 Å². The van der Waals surface area contributed by atoms with E-state index < -0.39 is 0 Å². The Bertz CT molecular complexity index is 537. The summed E-state index contributed by atoms with van der Waals surface area (Å²) in [5.41, 5.74) is 2.28. The lowest BCUT2D eigenvalue weighted by Gasteiger charge is -2.13. The molecule has 0 spiro atoms. The zero-order chi connectivity index (χ0) is 13.7. The normalized spacial score (nSPS) is 11.2. The molecule has 102 valence electrons. The molecule has 3 heteroatoms. The first kappa shape index (κ1) is 13.8. The molecule has 3 nitrogen and oxygen atoms in total. The molecule has 1 aromatic carbocycles. The average Bonchev–Trinajstić information content (AvgIpc) is 2.43. The SMILES string of the molecule is CNCCc1ccc(OCC(C)C)c2ncccc12. The van der Waals surface area contributed by atoms with Gasteiger partial charge in [0, 0.05) is 11.6 Å². The van der Waals surface area contributed by atoms with Gasteiger partial charge in [-0.25, -0.2) is 0 Å². The number of nitrogens with one attached hydrogen (secondary N) is 1. The molecule has 1 N–H and O–H groups in total. The quantitative estimate of drug-likeness (QED) is 0.864. The summed E-state index contributed by atoms with van der Waals surface area (Å²) in [5, 5.41) is 4.38. The third-order valence-electron chi connectivity index (χ3n) is 3.04. The molecule has 0 radical (unpaired) electrons. The largest absolute Gasteiger partial charge is 0.491 e. The van der Waals surface area contributed by atoms with E-state index in [1.165, 1.54) is 10.9 Å². The van der Waals surface area contributed by atoms with Crippen molar-refractivity contribution < 1.29 is 4.74 Å². The van der Waals surface area contributed by atoms with E-state index in [4.69, 9.17) is 4.74 Å². The van der Waals surface area contributed by atoms with Crippen LogP contribution in [0.2, 0.25) is 0 Å². The monoisotopic (exact) mass is 258 g/mol. The van der Waals surface area contributed by atoms with Crippen LogP contribution in [-0.2, 0) is 6.42 Å². The predicted octanol–water partition coefficient (Wildman–Crippen LogP) is 3.03. The summed E-state index contributed by atoms with van der Waals surface area (Å²) in [5.74, 6) is 1.40. The van der Waals surface area contributed by atoms with Gasteiger partial charge in [-0.1, -0.05) is 26.0 Å². The highest BCUT2D eigenvalue weighted by atomic mass is 16.5. The second-order valence-electron chi connectivity index (χ2n) is 5.18. The Morgan fingerprint density at radius 1 is 1.26 bits per heavy atom. The molecule has 1 heterocycles. The lowest BCUT2D eigenvalue weighted by atomic mass is 10.0. The second kappa shape index (κ2) is 6.53. The Kier molecular flexibility index (Phi) is 4.74. The second-order valence-corrected chi connectivity index (χ2v) is 5.18. The Balaban J connectivity index is 2.34. The Labute approximate surface area is 115 Å². The van der Waals surface area contributed by atoms with Crippen molar-refractivity contribution in [2.24, 2.45) is 5.92 Å². The topological polar surface area (TPSA) is 34.1 Å². The molecule has 0 bridgehead atoms. The van der Waals surface area contributed by atoms with Crippen molar-refractivity contribution in [2.45, 2.75) is 20.3 Å². The fourth-order valence-corrected chi connectivity index (χ4v) is 2.06. The molecule has 0 unspecified atom stereocenters. The average molecular weight is 258 g/mol. The van der Waals surface area contributed by atoms with Crippen molar-refractivity contribution in [2.75, 3.05) is 20.2 Å². The van der Waals surface area contributed by atoms with Gasteiger partial charge in [-0.15, -0.1) is 0 Å². The fraction of sp³-hybridized carbons (Fsp3) is 0.438. The number of nitrogens with zero attached hydrogens (tertiary/aromatic N) is 1. The Hall–Kier alpha value is -1.61. The summed E-state index contributed by atoms with van der Waals surface area (Å²) in [6.45, 7) is 5.99. The van der Waals surface area contributed by atoms with Crippen molar-refractivity contribution in [3.05, 3.63) is 36.0 Å². The lowest BCUT2D eigenvalue weighted by Crippen LogP contribution is -2.11. The van der Waals surface area contributed by atoms with E-state index >= 15 is 0 Å². The van der Waals surface area contributed by atoms with Crippen molar-refractivity contribution >= 4 is 10.9 Å². The third kappa shape index (κ3) is 3.44. The molecular weight excluding hydrogens is 236 g/mol. The van der Waals surface area contributed by atoms with Gasteiger partial charge in [0.2, 0.25) is 0 Å². The maximum Gasteiger partial charge on any atom is 0.145 e. The molecule has 0 aliphatic carbocycles. The Morgan fingerprint density at radius 3 is 2.84 bits per heavy atom. The number of hydrogen-bond donors (Lipinski definition) is 1. The van der Waals surface area contributed by atoms with Gasteiger partial charge >= 0.3 is 0 Å². The van der Waals surface area contributed by atoms with E-state index in [1.807, 2.05) is 25.4 Å². The van der Waals surface area contributed by atoms with Crippen LogP contribution >= 0.6 is 0 Å². The van der Waals surface area contributed by atoms with Crippen LogP contribution in [0.4, 0.5) is 0 Å². The molecule has 2 rings (SSSR count). The van der Waals surface area contributed by atoms with Gasteiger partial charge in [-0.2, -0.15) is 0 Å². The van der Waals surface area contributed by atoms with Gasteiger partial charge in [-0.3, -0.25) is 4.98 Å². The molecule has 0 fully saturated rings. The van der Waals surface area contributed by atoms with Gasteiger partial charge in [0.1, 0.15) is 11.3 Å². The number of rotatable bonds is 6. The molecule has 19 heavy (non-hydrogen) atoms. The van der Waals surface area contributed by atoms with Crippen LogP contribution in [0.25, 0.3) is 10.9 Å². The summed E-state index contributed by atoms with van der Waals surface area (Å²) in [4.78, 5) is 4.48. The molecule has 1 aromatic heterocycles. The van der Waals surface area contributed by atoms with E-state index in [1.54, 1.807) is 0 Å². The summed E-state index contributed by atoms with van der Waals surface area (Å²) in [6.07, 6.45) is 2.83. The summed E-state index contributed by atoms with van der Waals surface area (Å²) in [6, 6.07) is 8.30. The van der Waals surface area contributed by atoms with E-state index in [0.717, 1.165) is 30.8 Å². The summed E-state index contributed by atoms with van der Waals surface area (Å²) in [7, 11) is 1.97. The van der Waals surface area contributed by atoms with Crippen LogP contribution in [0.5, 0.6) is 5.75 Å². The predicted molar refractivity (Wildman–Crippen MR) is 79.7 cm³/mol. The number of ether oxygens (including phenoxy) is 1. The first-order valence-electron chi connectivity index (χ1n) is 6.86. The highest BCUT2D eigenvalue weighted by molar-refractivity contribution is 5.87. The van der Waals surface area contributed by atoms with Crippen LogP contribution in [0.3, 0.4) is 0 Å². The molecule has 0 aliphatic heterocycles. The highest BCUT2D eigenvalue weighted by Gasteiger charge is 2.08. The van der Waals surface area contributed by atoms with E-state index in [0.29, 0.717) is 5.92 Å². The van der Waals surface area contributed by atoms with Gasteiger partial charge in [-0.05, 0) is 43.6 Å². The molecule has 0 amide bonds. The van der Waals surface area contributed by atoms with Gasteiger partial charge in [0.25, 0.3) is 0 Å². The molecule has 0 saturated carbocycles.